The van der Waals surface area contributed by atoms with E-state index >= 15 is 0 Å². The summed E-state index contributed by atoms with van der Waals surface area (Å²) in [6.07, 6.45) is 3.38. The Morgan fingerprint density at radius 2 is 1.79 bits per heavy atom. The summed E-state index contributed by atoms with van der Waals surface area (Å²) in [6, 6.07) is 15.4. The monoisotopic (exact) mass is 391 g/mol. The Labute approximate surface area is 170 Å². The molecular weight excluding hydrogens is 366 g/mol. The number of nitrogens with zero attached hydrogens (tertiary/aromatic N) is 2. The summed E-state index contributed by atoms with van der Waals surface area (Å²) in [5.74, 6) is -0.899. The van der Waals surface area contributed by atoms with Crippen LogP contribution in [0.15, 0.2) is 48.5 Å². The van der Waals surface area contributed by atoms with Gasteiger partial charge in [0.15, 0.2) is 0 Å². The van der Waals surface area contributed by atoms with E-state index in [0.717, 1.165) is 30.8 Å². The number of nitrogens with one attached hydrogen (secondary N) is 1. The zero-order chi connectivity index (χ0) is 20.4. The maximum absolute atomic E-state index is 12.7. The molecule has 0 aliphatic carbocycles. The highest BCUT2D eigenvalue weighted by Gasteiger charge is 2.33. The molecule has 6 nitrogen and oxygen atoms in total. The Morgan fingerprint density at radius 1 is 1.03 bits per heavy atom. The first kappa shape index (κ1) is 19.3. The summed E-state index contributed by atoms with van der Waals surface area (Å²) < 4.78 is 0. The molecule has 6 heteroatoms. The number of imide groups is 1. The zero-order valence-corrected chi connectivity index (χ0v) is 16.6. The van der Waals surface area contributed by atoms with E-state index in [1.807, 2.05) is 18.2 Å². The van der Waals surface area contributed by atoms with Crippen molar-refractivity contribution < 1.29 is 14.4 Å². The van der Waals surface area contributed by atoms with Crippen molar-refractivity contribution in [2.45, 2.75) is 31.8 Å². The van der Waals surface area contributed by atoms with Crippen molar-refractivity contribution >= 4 is 17.7 Å². The van der Waals surface area contributed by atoms with Gasteiger partial charge < -0.3 is 5.32 Å². The number of amides is 3. The quantitative estimate of drug-likeness (QED) is 0.796. The lowest BCUT2D eigenvalue weighted by molar-refractivity contribution is 0.0693. The smallest absolute Gasteiger partial charge is 0.261 e. The topological polar surface area (TPSA) is 69.7 Å². The zero-order valence-electron chi connectivity index (χ0n) is 16.6. The first-order valence-electron chi connectivity index (χ1n) is 10.1. The minimum atomic E-state index is -0.360. The van der Waals surface area contributed by atoms with E-state index in [1.165, 1.54) is 25.1 Å². The lowest BCUT2D eigenvalue weighted by atomic mass is 10.0. The predicted molar refractivity (Wildman–Crippen MR) is 110 cm³/mol. The summed E-state index contributed by atoms with van der Waals surface area (Å²) in [5, 5.41) is 3.02. The van der Waals surface area contributed by atoms with Crippen molar-refractivity contribution in [3.63, 3.8) is 0 Å². The molecule has 1 atom stereocenters. The van der Waals surface area contributed by atoms with Crippen LogP contribution in [0.3, 0.4) is 0 Å². The summed E-state index contributed by atoms with van der Waals surface area (Å²) in [6.45, 7) is 2.47. The van der Waals surface area contributed by atoms with Crippen LogP contribution in [0.2, 0.25) is 0 Å². The minimum absolute atomic E-state index is 0.215. The van der Waals surface area contributed by atoms with E-state index in [0.29, 0.717) is 23.2 Å². The second-order valence-electron chi connectivity index (χ2n) is 7.75. The van der Waals surface area contributed by atoms with E-state index in [1.54, 1.807) is 12.1 Å². The average Bonchev–Trinajstić information content (AvgIpc) is 2.97. The molecule has 29 heavy (non-hydrogen) atoms. The SMILES string of the molecule is CN1C(=O)c2ccc(C(=O)NCC3CCCCN3Cc3ccccc3)cc2C1=O. The van der Waals surface area contributed by atoms with Crippen molar-refractivity contribution in [2.24, 2.45) is 0 Å². The third-order valence-corrected chi connectivity index (χ3v) is 5.83. The van der Waals surface area contributed by atoms with Crippen molar-refractivity contribution in [1.82, 2.24) is 15.1 Å². The molecule has 2 heterocycles. The molecule has 0 spiro atoms. The number of hydrogen-bond donors (Lipinski definition) is 1. The van der Waals surface area contributed by atoms with E-state index in [9.17, 15) is 14.4 Å². The van der Waals surface area contributed by atoms with Gasteiger partial charge in [-0.1, -0.05) is 36.8 Å². The molecule has 2 aliphatic rings. The van der Waals surface area contributed by atoms with Crippen LogP contribution < -0.4 is 5.32 Å². The molecule has 2 aromatic carbocycles. The number of rotatable bonds is 5. The summed E-state index contributed by atoms with van der Waals surface area (Å²) in [5.41, 5.74) is 2.34. The van der Waals surface area contributed by atoms with Crippen LogP contribution in [0.5, 0.6) is 0 Å². The van der Waals surface area contributed by atoms with Gasteiger partial charge in [-0.2, -0.15) is 0 Å². The Hall–Kier alpha value is -2.99. The van der Waals surface area contributed by atoms with Crippen LogP contribution in [0.25, 0.3) is 0 Å². The van der Waals surface area contributed by atoms with Gasteiger partial charge in [0.1, 0.15) is 0 Å². The Balaban J connectivity index is 1.41. The van der Waals surface area contributed by atoms with Crippen LogP contribution in [0.4, 0.5) is 0 Å². The number of benzene rings is 2. The largest absolute Gasteiger partial charge is 0.350 e. The number of hydrogen-bond acceptors (Lipinski definition) is 4. The van der Waals surface area contributed by atoms with Gasteiger partial charge in [-0.05, 0) is 43.1 Å². The second kappa shape index (κ2) is 8.17. The molecule has 0 radical (unpaired) electrons. The van der Waals surface area contributed by atoms with Gasteiger partial charge in [0.05, 0.1) is 11.1 Å². The van der Waals surface area contributed by atoms with E-state index in [2.05, 4.69) is 22.3 Å². The third-order valence-electron chi connectivity index (χ3n) is 5.83. The van der Waals surface area contributed by atoms with Crippen LogP contribution in [0, 0.1) is 0 Å². The second-order valence-corrected chi connectivity index (χ2v) is 7.75. The first-order chi connectivity index (χ1) is 14.0. The van der Waals surface area contributed by atoms with Crippen molar-refractivity contribution in [3.05, 3.63) is 70.8 Å². The van der Waals surface area contributed by atoms with Crippen LogP contribution >= 0.6 is 0 Å². The van der Waals surface area contributed by atoms with E-state index < -0.39 is 0 Å². The van der Waals surface area contributed by atoms with Gasteiger partial charge in [-0.3, -0.25) is 24.2 Å². The fourth-order valence-electron chi connectivity index (χ4n) is 4.13. The molecule has 0 bridgehead atoms. The van der Waals surface area contributed by atoms with Crippen molar-refractivity contribution in [2.75, 3.05) is 20.1 Å². The molecule has 0 saturated carbocycles. The predicted octanol–water partition coefficient (Wildman–Crippen LogP) is 2.70. The third kappa shape index (κ3) is 3.93. The molecule has 1 saturated heterocycles. The van der Waals surface area contributed by atoms with Crippen molar-refractivity contribution in [1.29, 1.82) is 0 Å². The maximum atomic E-state index is 12.7. The van der Waals surface area contributed by atoms with Crippen LogP contribution in [0.1, 0.15) is 55.9 Å². The highest BCUT2D eigenvalue weighted by Crippen LogP contribution is 2.23. The summed E-state index contributed by atoms with van der Waals surface area (Å²) in [7, 11) is 1.45. The highest BCUT2D eigenvalue weighted by molar-refractivity contribution is 6.21. The molecule has 3 amide bonds. The number of carbonyl (C=O) groups excluding carboxylic acids is 3. The van der Waals surface area contributed by atoms with Gasteiger partial charge in [0, 0.05) is 31.7 Å². The molecule has 150 valence electrons. The summed E-state index contributed by atoms with van der Waals surface area (Å²) in [4.78, 5) is 40.4. The molecule has 2 aliphatic heterocycles. The first-order valence-corrected chi connectivity index (χ1v) is 10.1. The number of piperidine rings is 1. The molecule has 4 rings (SSSR count). The van der Waals surface area contributed by atoms with Gasteiger partial charge in [-0.15, -0.1) is 0 Å². The Morgan fingerprint density at radius 3 is 2.59 bits per heavy atom. The maximum Gasteiger partial charge on any atom is 0.261 e. The lowest BCUT2D eigenvalue weighted by Gasteiger charge is -2.36. The van der Waals surface area contributed by atoms with Crippen molar-refractivity contribution in [3.8, 4) is 0 Å². The van der Waals surface area contributed by atoms with Gasteiger partial charge >= 0.3 is 0 Å². The fourth-order valence-corrected chi connectivity index (χ4v) is 4.13. The molecule has 1 fully saturated rings. The highest BCUT2D eigenvalue weighted by atomic mass is 16.2. The van der Waals surface area contributed by atoms with E-state index in [-0.39, 0.29) is 23.8 Å². The van der Waals surface area contributed by atoms with Crippen LogP contribution in [-0.2, 0) is 6.54 Å². The molecule has 1 N–H and O–H groups in total. The number of likely N-dealkylation sites (tertiary alicyclic amines) is 1. The van der Waals surface area contributed by atoms with Crippen LogP contribution in [-0.4, -0.2) is 53.7 Å². The molecule has 1 unspecified atom stereocenters. The average molecular weight is 391 g/mol. The van der Waals surface area contributed by atoms with Gasteiger partial charge in [0.25, 0.3) is 17.7 Å². The Kier molecular flexibility index (Phi) is 5.45. The van der Waals surface area contributed by atoms with Gasteiger partial charge in [-0.25, -0.2) is 0 Å². The number of carbonyl (C=O) groups is 3. The molecule has 0 aromatic heterocycles. The molecular formula is C23H25N3O3. The normalized spacial score (nSPS) is 19.3. The minimum Gasteiger partial charge on any atom is -0.350 e. The standard InChI is InChI=1S/C23H25N3O3/c1-25-22(28)19-11-10-17(13-20(19)23(25)29)21(27)24-14-18-9-5-6-12-26(18)15-16-7-3-2-4-8-16/h2-4,7-8,10-11,13,18H,5-6,9,12,14-15H2,1H3,(H,24,27). The Bertz CT molecular complexity index is 942. The van der Waals surface area contributed by atoms with Gasteiger partial charge in [0.2, 0.25) is 0 Å². The van der Waals surface area contributed by atoms with E-state index in [4.69, 9.17) is 0 Å². The fraction of sp³-hybridized carbons (Fsp3) is 0.348. The molecule has 2 aromatic rings. The number of fused-ring (bicyclic) bond motifs is 1. The summed E-state index contributed by atoms with van der Waals surface area (Å²) >= 11 is 0. The lowest BCUT2D eigenvalue weighted by Crippen LogP contribution is -2.46.